The molecule has 0 spiro atoms. The summed E-state index contributed by atoms with van der Waals surface area (Å²) in [4.78, 5) is 13.8. The third-order valence-corrected chi connectivity index (χ3v) is 3.08. The van der Waals surface area contributed by atoms with Crippen molar-refractivity contribution in [2.24, 2.45) is 0 Å². The predicted octanol–water partition coefficient (Wildman–Crippen LogP) is 1.83. The molecule has 1 aromatic carbocycles. The Morgan fingerprint density at radius 3 is 2.39 bits per heavy atom. The summed E-state index contributed by atoms with van der Waals surface area (Å²) in [6.45, 7) is 1.89. The van der Waals surface area contributed by atoms with Gasteiger partial charge in [0.15, 0.2) is 0 Å². The van der Waals surface area contributed by atoms with E-state index in [1.54, 1.807) is 0 Å². The largest absolute Gasteiger partial charge is 0.378 e. The fraction of sp³-hybridized carbons (Fsp3) is 0.500. The van der Waals surface area contributed by atoms with E-state index in [2.05, 4.69) is 10.6 Å². The van der Waals surface area contributed by atoms with Crippen LogP contribution in [0.1, 0.15) is 19.8 Å². The van der Waals surface area contributed by atoms with Crippen molar-refractivity contribution in [1.82, 2.24) is 5.32 Å². The molecule has 1 saturated carbocycles. The maximum atomic E-state index is 11.8. The van der Waals surface area contributed by atoms with Crippen molar-refractivity contribution in [1.29, 1.82) is 0 Å². The Hall–Kier alpha value is -1.71. The maximum Gasteiger partial charge on any atom is 0.242 e. The first kappa shape index (κ1) is 12.7. The summed E-state index contributed by atoms with van der Waals surface area (Å²) in [5.41, 5.74) is 2.12. The Morgan fingerprint density at radius 1 is 1.28 bits per heavy atom. The second kappa shape index (κ2) is 5.29. The van der Waals surface area contributed by atoms with Gasteiger partial charge in [0.25, 0.3) is 0 Å². The number of nitrogens with one attached hydrogen (secondary N) is 2. The van der Waals surface area contributed by atoms with Gasteiger partial charge >= 0.3 is 0 Å². The second-order valence-electron chi connectivity index (χ2n) is 5.09. The third kappa shape index (κ3) is 3.39. The van der Waals surface area contributed by atoms with Gasteiger partial charge in [-0.2, -0.15) is 0 Å². The van der Waals surface area contributed by atoms with E-state index in [9.17, 15) is 4.79 Å². The molecule has 1 unspecified atom stereocenters. The van der Waals surface area contributed by atoms with Gasteiger partial charge in [-0.1, -0.05) is 0 Å². The van der Waals surface area contributed by atoms with Crippen molar-refractivity contribution in [3.05, 3.63) is 24.3 Å². The first-order valence-corrected chi connectivity index (χ1v) is 6.40. The number of anilines is 2. The van der Waals surface area contributed by atoms with Gasteiger partial charge in [-0.3, -0.25) is 4.79 Å². The van der Waals surface area contributed by atoms with Crippen LogP contribution in [0.15, 0.2) is 24.3 Å². The van der Waals surface area contributed by atoms with Gasteiger partial charge in [-0.05, 0) is 44.0 Å². The van der Waals surface area contributed by atoms with Gasteiger partial charge in [-0.25, -0.2) is 0 Å². The van der Waals surface area contributed by atoms with E-state index < -0.39 is 0 Å². The molecular weight excluding hydrogens is 226 g/mol. The Bertz CT molecular complexity index is 410. The minimum absolute atomic E-state index is 0.0780. The number of hydrogen-bond acceptors (Lipinski definition) is 3. The van der Waals surface area contributed by atoms with E-state index in [0.717, 1.165) is 24.2 Å². The van der Waals surface area contributed by atoms with Crippen molar-refractivity contribution >= 4 is 17.3 Å². The molecule has 2 N–H and O–H groups in total. The van der Waals surface area contributed by atoms with Crippen LogP contribution in [0.25, 0.3) is 0 Å². The summed E-state index contributed by atoms with van der Waals surface area (Å²) in [6, 6.07) is 8.28. The van der Waals surface area contributed by atoms with Crippen LogP contribution in [0.3, 0.4) is 0 Å². The zero-order valence-electron chi connectivity index (χ0n) is 11.2. The van der Waals surface area contributed by atoms with Gasteiger partial charge in [0.2, 0.25) is 5.91 Å². The van der Waals surface area contributed by atoms with Crippen molar-refractivity contribution < 1.29 is 4.79 Å². The van der Waals surface area contributed by atoms with Gasteiger partial charge in [0, 0.05) is 31.5 Å². The number of carbonyl (C=O) groups is 1. The molecule has 0 heterocycles. The van der Waals surface area contributed by atoms with Crippen LogP contribution in [-0.2, 0) is 4.79 Å². The molecule has 0 aromatic heterocycles. The average molecular weight is 247 g/mol. The third-order valence-electron chi connectivity index (χ3n) is 3.08. The smallest absolute Gasteiger partial charge is 0.242 e. The van der Waals surface area contributed by atoms with E-state index in [1.165, 1.54) is 0 Å². The minimum Gasteiger partial charge on any atom is -0.378 e. The number of nitrogens with zero attached hydrogens (tertiary/aromatic N) is 1. The van der Waals surface area contributed by atoms with Gasteiger partial charge < -0.3 is 15.5 Å². The van der Waals surface area contributed by atoms with Crippen molar-refractivity contribution in [3.63, 3.8) is 0 Å². The molecule has 4 nitrogen and oxygen atoms in total. The topological polar surface area (TPSA) is 44.4 Å². The van der Waals surface area contributed by atoms with Crippen molar-refractivity contribution in [3.8, 4) is 0 Å². The molecule has 0 bridgehead atoms. The van der Waals surface area contributed by atoms with E-state index in [-0.39, 0.29) is 11.9 Å². The average Bonchev–Trinajstić information content (AvgIpc) is 3.13. The van der Waals surface area contributed by atoms with E-state index >= 15 is 0 Å². The Morgan fingerprint density at radius 2 is 1.89 bits per heavy atom. The highest BCUT2D eigenvalue weighted by atomic mass is 16.2. The molecule has 0 saturated heterocycles. The van der Waals surface area contributed by atoms with Crippen LogP contribution in [0, 0.1) is 0 Å². The van der Waals surface area contributed by atoms with Gasteiger partial charge in [0.1, 0.15) is 6.04 Å². The fourth-order valence-corrected chi connectivity index (χ4v) is 1.73. The highest BCUT2D eigenvalue weighted by Gasteiger charge is 2.25. The SMILES string of the molecule is CC(Nc1ccc(N(C)C)cc1)C(=O)NC1CC1. The Kier molecular flexibility index (Phi) is 3.75. The van der Waals surface area contributed by atoms with Crippen LogP contribution in [-0.4, -0.2) is 32.1 Å². The van der Waals surface area contributed by atoms with Crippen molar-refractivity contribution in [2.45, 2.75) is 31.8 Å². The van der Waals surface area contributed by atoms with Gasteiger partial charge in [-0.15, -0.1) is 0 Å². The molecule has 1 atom stereocenters. The van der Waals surface area contributed by atoms with Crippen LogP contribution in [0.4, 0.5) is 11.4 Å². The molecule has 1 fully saturated rings. The highest BCUT2D eigenvalue weighted by Crippen LogP contribution is 2.19. The molecule has 4 heteroatoms. The summed E-state index contributed by atoms with van der Waals surface area (Å²) < 4.78 is 0. The van der Waals surface area contributed by atoms with E-state index in [1.807, 2.05) is 50.2 Å². The number of amides is 1. The molecule has 1 aliphatic rings. The fourth-order valence-electron chi connectivity index (χ4n) is 1.73. The lowest BCUT2D eigenvalue weighted by molar-refractivity contribution is -0.121. The van der Waals surface area contributed by atoms with Crippen LogP contribution < -0.4 is 15.5 Å². The molecule has 98 valence electrons. The van der Waals surface area contributed by atoms with E-state index in [0.29, 0.717) is 6.04 Å². The zero-order valence-corrected chi connectivity index (χ0v) is 11.2. The minimum atomic E-state index is -0.198. The monoisotopic (exact) mass is 247 g/mol. The van der Waals surface area contributed by atoms with Crippen LogP contribution in [0.2, 0.25) is 0 Å². The Balaban J connectivity index is 1.89. The summed E-state index contributed by atoms with van der Waals surface area (Å²) in [6.07, 6.45) is 2.24. The molecule has 0 radical (unpaired) electrons. The molecule has 0 aliphatic heterocycles. The lowest BCUT2D eigenvalue weighted by Crippen LogP contribution is -2.38. The molecule has 1 aromatic rings. The maximum absolute atomic E-state index is 11.8. The first-order chi connectivity index (χ1) is 8.56. The molecule has 2 rings (SSSR count). The van der Waals surface area contributed by atoms with Crippen LogP contribution >= 0.6 is 0 Å². The molecule has 1 amide bonds. The predicted molar refractivity (Wildman–Crippen MR) is 75.0 cm³/mol. The lowest BCUT2D eigenvalue weighted by Gasteiger charge is -2.17. The standard InChI is InChI=1S/C14H21N3O/c1-10(14(18)16-12-4-5-12)15-11-6-8-13(9-7-11)17(2)3/h6-10,12,15H,4-5H2,1-3H3,(H,16,18). The number of carbonyl (C=O) groups excluding carboxylic acids is 1. The van der Waals surface area contributed by atoms with E-state index in [4.69, 9.17) is 0 Å². The normalized spacial score (nSPS) is 15.9. The lowest BCUT2D eigenvalue weighted by atomic mass is 10.2. The van der Waals surface area contributed by atoms with Crippen LogP contribution in [0.5, 0.6) is 0 Å². The summed E-state index contributed by atoms with van der Waals surface area (Å²) in [5.74, 6) is 0.0780. The highest BCUT2D eigenvalue weighted by molar-refractivity contribution is 5.84. The number of rotatable bonds is 5. The summed E-state index contributed by atoms with van der Waals surface area (Å²) in [5, 5.41) is 6.20. The quantitative estimate of drug-likeness (QED) is 0.834. The number of benzene rings is 1. The molecule has 18 heavy (non-hydrogen) atoms. The zero-order chi connectivity index (χ0) is 13.1. The van der Waals surface area contributed by atoms with Crippen molar-refractivity contribution in [2.75, 3.05) is 24.3 Å². The summed E-state index contributed by atoms with van der Waals surface area (Å²) in [7, 11) is 4.02. The first-order valence-electron chi connectivity index (χ1n) is 6.40. The Labute approximate surface area is 108 Å². The van der Waals surface area contributed by atoms with Gasteiger partial charge in [0.05, 0.1) is 0 Å². The summed E-state index contributed by atoms with van der Waals surface area (Å²) >= 11 is 0. The molecule has 1 aliphatic carbocycles. The second-order valence-corrected chi connectivity index (χ2v) is 5.09. The molecular formula is C14H21N3O. The number of hydrogen-bond donors (Lipinski definition) is 2.